The first-order chi connectivity index (χ1) is 8.35. The van der Waals surface area contributed by atoms with Crippen LogP contribution in [0.2, 0.25) is 5.02 Å². The maximum atomic E-state index is 13.6. The molecule has 0 saturated heterocycles. The number of alkyl halides is 3. The van der Waals surface area contributed by atoms with Crippen LogP contribution < -0.4 is 5.32 Å². The predicted molar refractivity (Wildman–Crippen MR) is 63.1 cm³/mol. The van der Waals surface area contributed by atoms with Crippen molar-refractivity contribution in [3.63, 3.8) is 0 Å². The summed E-state index contributed by atoms with van der Waals surface area (Å²) in [6.45, 7) is 2.19. The van der Waals surface area contributed by atoms with E-state index >= 15 is 0 Å². The lowest BCUT2D eigenvalue weighted by atomic mass is 10.0. The molecule has 0 aliphatic rings. The zero-order valence-electron chi connectivity index (χ0n) is 9.82. The smallest absolute Gasteiger partial charge is 0.310 e. The Morgan fingerprint density at radius 3 is 2.50 bits per heavy atom. The molecule has 0 radical (unpaired) electrons. The highest BCUT2D eigenvalue weighted by molar-refractivity contribution is 6.31. The molecule has 1 aromatic carbocycles. The van der Waals surface area contributed by atoms with E-state index in [1.54, 1.807) is 0 Å². The van der Waals surface area contributed by atoms with E-state index in [1.807, 2.05) is 6.92 Å². The molecular weight excluding hydrogens is 270 g/mol. The second kappa shape index (κ2) is 6.38. The highest BCUT2D eigenvalue weighted by Crippen LogP contribution is 2.34. The van der Waals surface area contributed by atoms with Crippen molar-refractivity contribution < 1.29 is 17.6 Å². The first-order valence-corrected chi connectivity index (χ1v) is 5.97. The molecule has 1 aromatic rings. The summed E-state index contributed by atoms with van der Waals surface area (Å²) >= 11 is 5.78. The second-order valence-corrected chi connectivity index (χ2v) is 4.37. The van der Waals surface area contributed by atoms with Crippen molar-refractivity contribution in [3.05, 3.63) is 34.6 Å². The molecule has 18 heavy (non-hydrogen) atoms. The first-order valence-electron chi connectivity index (χ1n) is 5.59. The third-order valence-electron chi connectivity index (χ3n) is 2.42. The van der Waals surface area contributed by atoms with Crippen molar-refractivity contribution >= 4 is 11.6 Å². The van der Waals surface area contributed by atoms with E-state index in [0.717, 1.165) is 6.07 Å². The normalized spacial score (nSPS) is 13.7. The third-order valence-corrected chi connectivity index (χ3v) is 2.75. The predicted octanol–water partition coefficient (Wildman–Crippen LogP) is 4.47. The van der Waals surface area contributed by atoms with Gasteiger partial charge in [-0.15, -0.1) is 0 Å². The molecular formula is C12H14ClF4N. The van der Waals surface area contributed by atoms with Gasteiger partial charge in [0.15, 0.2) is 0 Å². The maximum absolute atomic E-state index is 13.6. The lowest BCUT2D eigenvalue weighted by Gasteiger charge is -2.22. The largest absolute Gasteiger partial charge is 0.390 e. The summed E-state index contributed by atoms with van der Waals surface area (Å²) in [7, 11) is 0. The van der Waals surface area contributed by atoms with Crippen LogP contribution in [-0.2, 0) is 0 Å². The molecule has 1 N–H and O–H groups in total. The molecule has 1 atom stereocenters. The summed E-state index contributed by atoms with van der Waals surface area (Å²) in [5, 5.41) is 2.69. The third kappa shape index (κ3) is 4.46. The topological polar surface area (TPSA) is 12.0 Å². The van der Waals surface area contributed by atoms with Crippen LogP contribution in [0.15, 0.2) is 18.2 Å². The van der Waals surface area contributed by atoms with Crippen LogP contribution in [0.5, 0.6) is 0 Å². The van der Waals surface area contributed by atoms with Crippen LogP contribution in [-0.4, -0.2) is 12.7 Å². The average Bonchev–Trinajstić information content (AvgIpc) is 2.23. The molecule has 0 heterocycles. The number of hydrogen-bond donors (Lipinski definition) is 1. The molecule has 0 aliphatic carbocycles. The van der Waals surface area contributed by atoms with E-state index in [4.69, 9.17) is 11.6 Å². The van der Waals surface area contributed by atoms with E-state index in [2.05, 4.69) is 5.32 Å². The Hall–Kier alpha value is -0.810. The van der Waals surface area contributed by atoms with Gasteiger partial charge in [0.25, 0.3) is 0 Å². The maximum Gasteiger partial charge on any atom is 0.390 e. The zero-order chi connectivity index (χ0) is 13.8. The highest BCUT2D eigenvalue weighted by atomic mass is 35.5. The number of rotatable bonds is 5. The van der Waals surface area contributed by atoms with Crippen LogP contribution in [0.25, 0.3) is 0 Å². The van der Waals surface area contributed by atoms with Crippen molar-refractivity contribution in [1.29, 1.82) is 0 Å². The summed E-state index contributed by atoms with van der Waals surface area (Å²) in [4.78, 5) is 0. The Morgan fingerprint density at radius 1 is 1.33 bits per heavy atom. The summed E-state index contributed by atoms with van der Waals surface area (Å²) < 4.78 is 51.0. The van der Waals surface area contributed by atoms with Crippen molar-refractivity contribution in [2.75, 3.05) is 6.54 Å². The van der Waals surface area contributed by atoms with Gasteiger partial charge in [0, 0.05) is 16.6 Å². The Morgan fingerprint density at radius 2 is 2.00 bits per heavy atom. The van der Waals surface area contributed by atoms with Crippen LogP contribution in [0.3, 0.4) is 0 Å². The van der Waals surface area contributed by atoms with Gasteiger partial charge in [0.05, 0.1) is 6.42 Å². The van der Waals surface area contributed by atoms with E-state index in [-0.39, 0.29) is 10.6 Å². The van der Waals surface area contributed by atoms with Crippen LogP contribution in [0, 0.1) is 5.82 Å². The van der Waals surface area contributed by atoms with E-state index in [9.17, 15) is 17.6 Å². The average molecular weight is 284 g/mol. The minimum atomic E-state index is -4.38. The molecule has 102 valence electrons. The van der Waals surface area contributed by atoms with Gasteiger partial charge in [-0.2, -0.15) is 13.2 Å². The minimum absolute atomic E-state index is 0.00727. The van der Waals surface area contributed by atoms with E-state index in [1.165, 1.54) is 12.1 Å². The fourth-order valence-electron chi connectivity index (χ4n) is 1.67. The van der Waals surface area contributed by atoms with Gasteiger partial charge in [0.2, 0.25) is 0 Å². The number of hydrogen-bond acceptors (Lipinski definition) is 1. The Labute approximate surface area is 108 Å². The molecule has 0 aromatic heterocycles. The summed E-state index contributed by atoms with van der Waals surface area (Å²) in [5.74, 6) is -0.722. The van der Waals surface area contributed by atoms with Gasteiger partial charge in [0.1, 0.15) is 5.82 Å². The Kier molecular flexibility index (Phi) is 5.41. The lowest BCUT2D eigenvalue weighted by molar-refractivity contribution is -0.140. The van der Waals surface area contributed by atoms with Gasteiger partial charge < -0.3 is 5.32 Å². The second-order valence-electron chi connectivity index (χ2n) is 3.96. The Bertz CT molecular complexity index is 372. The fraction of sp³-hybridized carbons (Fsp3) is 0.500. The monoisotopic (exact) mass is 283 g/mol. The van der Waals surface area contributed by atoms with Crippen LogP contribution in [0.1, 0.15) is 31.4 Å². The molecule has 0 fully saturated rings. The standard InChI is InChI=1S/C12H14ClF4N/c1-2-6-18-10(7-12(15,16)17)11-8(13)4-3-5-9(11)14/h3-5,10,18H,2,6-7H2,1H3. The SMILES string of the molecule is CCCNC(CC(F)(F)F)c1c(F)cccc1Cl. The van der Waals surface area contributed by atoms with Gasteiger partial charge in [-0.05, 0) is 25.1 Å². The van der Waals surface area contributed by atoms with Gasteiger partial charge in [-0.3, -0.25) is 0 Å². The van der Waals surface area contributed by atoms with Gasteiger partial charge in [-0.25, -0.2) is 4.39 Å². The molecule has 1 unspecified atom stereocenters. The highest BCUT2D eigenvalue weighted by Gasteiger charge is 2.34. The van der Waals surface area contributed by atoms with E-state index in [0.29, 0.717) is 13.0 Å². The molecule has 0 aliphatic heterocycles. The minimum Gasteiger partial charge on any atom is -0.310 e. The molecule has 1 rings (SSSR count). The van der Waals surface area contributed by atoms with Crippen LogP contribution >= 0.6 is 11.6 Å². The summed E-state index contributed by atoms with van der Waals surface area (Å²) in [5.41, 5.74) is -0.120. The number of benzene rings is 1. The summed E-state index contributed by atoms with van der Waals surface area (Å²) in [6, 6.07) is 2.71. The van der Waals surface area contributed by atoms with Crippen molar-refractivity contribution in [2.45, 2.75) is 32.0 Å². The van der Waals surface area contributed by atoms with Gasteiger partial charge >= 0.3 is 6.18 Å². The van der Waals surface area contributed by atoms with Gasteiger partial charge in [-0.1, -0.05) is 24.6 Å². The van der Waals surface area contributed by atoms with E-state index < -0.39 is 24.5 Å². The molecule has 0 saturated carbocycles. The van der Waals surface area contributed by atoms with Crippen LogP contribution in [0.4, 0.5) is 17.6 Å². The summed E-state index contributed by atoms with van der Waals surface area (Å²) in [6.07, 6.45) is -4.87. The molecule has 1 nitrogen and oxygen atoms in total. The van der Waals surface area contributed by atoms with Crippen molar-refractivity contribution in [3.8, 4) is 0 Å². The Balaban J connectivity index is 3.01. The lowest BCUT2D eigenvalue weighted by Crippen LogP contribution is -2.28. The molecule has 0 amide bonds. The van der Waals surface area contributed by atoms with Crippen molar-refractivity contribution in [2.24, 2.45) is 0 Å². The zero-order valence-corrected chi connectivity index (χ0v) is 10.6. The number of nitrogens with one attached hydrogen (secondary N) is 1. The number of halogens is 5. The molecule has 6 heteroatoms. The molecule has 0 bridgehead atoms. The first kappa shape index (κ1) is 15.2. The molecule has 0 spiro atoms. The fourth-order valence-corrected chi connectivity index (χ4v) is 1.96. The quantitative estimate of drug-likeness (QED) is 0.786. The van der Waals surface area contributed by atoms with Crippen molar-refractivity contribution in [1.82, 2.24) is 5.32 Å².